The molecular formula is C23H20ClF3N2. The minimum atomic E-state index is -4.43. The van der Waals surface area contributed by atoms with E-state index in [1.165, 1.54) is 6.07 Å². The minimum absolute atomic E-state index is 0.286. The normalized spacial score (nSPS) is 12.2. The first-order valence-electron chi connectivity index (χ1n) is 9.49. The van der Waals surface area contributed by atoms with Gasteiger partial charge in [0.2, 0.25) is 0 Å². The highest BCUT2D eigenvalue weighted by Gasteiger charge is 2.31. The summed E-state index contributed by atoms with van der Waals surface area (Å²) < 4.78 is 39.9. The number of hydrogen-bond donors (Lipinski definition) is 2. The molecule has 0 aliphatic carbocycles. The smallest absolute Gasteiger partial charge is 0.354 e. The number of aromatic amines is 1. The van der Waals surface area contributed by atoms with Gasteiger partial charge in [0.25, 0.3) is 0 Å². The molecule has 0 radical (unpaired) electrons. The monoisotopic (exact) mass is 416 g/mol. The van der Waals surface area contributed by atoms with Crippen LogP contribution in [0.3, 0.4) is 0 Å². The molecule has 1 heterocycles. The molecule has 1 aromatic heterocycles. The van der Waals surface area contributed by atoms with E-state index in [2.05, 4.69) is 4.98 Å². The van der Waals surface area contributed by atoms with Crippen molar-refractivity contribution in [1.29, 1.82) is 0 Å². The van der Waals surface area contributed by atoms with Crippen LogP contribution < -0.4 is 5.73 Å². The van der Waals surface area contributed by atoms with Crippen molar-refractivity contribution in [2.24, 2.45) is 5.73 Å². The summed E-state index contributed by atoms with van der Waals surface area (Å²) in [4.78, 5) is 3.39. The molecule has 150 valence electrons. The summed E-state index contributed by atoms with van der Waals surface area (Å²) in [6.45, 7) is 0.574. The van der Waals surface area contributed by atoms with Gasteiger partial charge in [-0.3, -0.25) is 0 Å². The fraction of sp³-hybridized carbons (Fsp3) is 0.217. The molecule has 3 N–H and O–H groups in total. The molecule has 2 nitrogen and oxygen atoms in total. The summed E-state index contributed by atoms with van der Waals surface area (Å²) in [5.74, 6) is 0. The molecule has 3 aromatic carbocycles. The van der Waals surface area contributed by atoms with E-state index in [0.717, 1.165) is 52.2 Å². The summed E-state index contributed by atoms with van der Waals surface area (Å²) in [7, 11) is 0. The van der Waals surface area contributed by atoms with Gasteiger partial charge >= 0.3 is 6.18 Å². The average Bonchev–Trinajstić information content (AvgIpc) is 3.06. The SMILES string of the molecule is NCCCCc1c(-c2cc(C(F)(F)F)ccc2Cl)[nH]c2c1ccc1ccccc12. The van der Waals surface area contributed by atoms with Gasteiger partial charge in [0.1, 0.15) is 0 Å². The second-order valence-electron chi connectivity index (χ2n) is 7.13. The number of hydrogen-bond acceptors (Lipinski definition) is 1. The largest absolute Gasteiger partial charge is 0.416 e. The van der Waals surface area contributed by atoms with Crippen LogP contribution in [0.25, 0.3) is 32.9 Å². The van der Waals surface area contributed by atoms with Crippen molar-refractivity contribution in [2.45, 2.75) is 25.4 Å². The van der Waals surface area contributed by atoms with Gasteiger partial charge in [-0.2, -0.15) is 13.2 Å². The van der Waals surface area contributed by atoms with E-state index in [1.807, 2.05) is 36.4 Å². The van der Waals surface area contributed by atoms with Crippen molar-refractivity contribution < 1.29 is 13.2 Å². The van der Waals surface area contributed by atoms with E-state index in [4.69, 9.17) is 17.3 Å². The number of H-pyrrole nitrogens is 1. The number of aryl methyl sites for hydroxylation is 1. The Labute approximate surface area is 171 Å². The van der Waals surface area contributed by atoms with E-state index >= 15 is 0 Å². The summed E-state index contributed by atoms with van der Waals surface area (Å²) in [6, 6.07) is 15.5. The lowest BCUT2D eigenvalue weighted by atomic mass is 9.98. The highest BCUT2D eigenvalue weighted by atomic mass is 35.5. The molecule has 0 atom stereocenters. The molecule has 0 spiro atoms. The van der Waals surface area contributed by atoms with Crippen LogP contribution >= 0.6 is 11.6 Å². The number of rotatable bonds is 5. The minimum Gasteiger partial charge on any atom is -0.354 e. The van der Waals surface area contributed by atoms with E-state index in [1.54, 1.807) is 0 Å². The quantitative estimate of drug-likeness (QED) is 0.340. The third kappa shape index (κ3) is 3.72. The lowest BCUT2D eigenvalue weighted by molar-refractivity contribution is -0.137. The zero-order valence-electron chi connectivity index (χ0n) is 15.6. The summed E-state index contributed by atoms with van der Waals surface area (Å²) in [5.41, 5.74) is 7.82. The number of aromatic nitrogens is 1. The Balaban J connectivity index is 1.98. The fourth-order valence-electron chi connectivity index (χ4n) is 3.82. The second-order valence-corrected chi connectivity index (χ2v) is 7.53. The van der Waals surface area contributed by atoms with Gasteiger partial charge in [-0.05, 0) is 55.0 Å². The molecule has 4 aromatic rings. The Morgan fingerprint density at radius 1 is 0.931 bits per heavy atom. The zero-order valence-corrected chi connectivity index (χ0v) is 16.4. The molecule has 0 saturated carbocycles. The Morgan fingerprint density at radius 2 is 1.72 bits per heavy atom. The van der Waals surface area contributed by atoms with Crippen molar-refractivity contribution in [3.63, 3.8) is 0 Å². The van der Waals surface area contributed by atoms with Crippen LogP contribution in [0.5, 0.6) is 0 Å². The third-order valence-corrected chi connectivity index (χ3v) is 5.58. The summed E-state index contributed by atoms with van der Waals surface area (Å²) >= 11 is 6.35. The first kappa shape index (κ1) is 19.8. The predicted molar refractivity (Wildman–Crippen MR) is 113 cm³/mol. The molecular weight excluding hydrogens is 397 g/mol. The molecule has 0 fully saturated rings. The van der Waals surface area contributed by atoms with E-state index < -0.39 is 11.7 Å². The van der Waals surface area contributed by atoms with Crippen LogP contribution in [0.15, 0.2) is 54.6 Å². The Bertz CT molecular complexity index is 1180. The van der Waals surface area contributed by atoms with Gasteiger partial charge in [-0.1, -0.05) is 48.0 Å². The Hall–Kier alpha value is -2.50. The number of unbranched alkanes of at least 4 members (excludes halogenated alkanes) is 1. The first-order chi connectivity index (χ1) is 13.9. The Kier molecular flexibility index (Phi) is 5.28. The van der Waals surface area contributed by atoms with Crippen molar-refractivity contribution >= 4 is 33.3 Å². The topological polar surface area (TPSA) is 41.8 Å². The highest BCUT2D eigenvalue weighted by Crippen LogP contribution is 2.40. The number of alkyl halides is 3. The predicted octanol–water partition coefficient (Wildman–Crippen LogP) is 6.94. The van der Waals surface area contributed by atoms with Gasteiger partial charge < -0.3 is 10.7 Å². The molecule has 0 aliphatic heterocycles. The number of halogens is 4. The maximum atomic E-state index is 13.3. The molecule has 6 heteroatoms. The molecule has 29 heavy (non-hydrogen) atoms. The number of nitrogens with one attached hydrogen (secondary N) is 1. The van der Waals surface area contributed by atoms with Gasteiger partial charge in [0.15, 0.2) is 0 Å². The van der Waals surface area contributed by atoms with Crippen molar-refractivity contribution in [1.82, 2.24) is 4.98 Å². The van der Waals surface area contributed by atoms with E-state index in [-0.39, 0.29) is 5.02 Å². The molecule has 4 rings (SSSR count). The van der Waals surface area contributed by atoms with Gasteiger partial charge in [0.05, 0.1) is 16.8 Å². The number of fused-ring (bicyclic) bond motifs is 3. The van der Waals surface area contributed by atoms with Crippen LogP contribution in [-0.4, -0.2) is 11.5 Å². The lowest BCUT2D eigenvalue weighted by Crippen LogP contribution is -2.05. The molecule has 0 aliphatic rings. The Morgan fingerprint density at radius 3 is 2.48 bits per heavy atom. The second kappa shape index (κ2) is 7.73. The van der Waals surface area contributed by atoms with Gasteiger partial charge in [-0.25, -0.2) is 0 Å². The van der Waals surface area contributed by atoms with Crippen LogP contribution in [0.2, 0.25) is 5.02 Å². The molecule has 0 unspecified atom stereocenters. The lowest BCUT2D eigenvalue weighted by Gasteiger charge is -2.11. The van der Waals surface area contributed by atoms with Gasteiger partial charge in [-0.15, -0.1) is 0 Å². The third-order valence-electron chi connectivity index (χ3n) is 5.25. The maximum Gasteiger partial charge on any atom is 0.416 e. The van der Waals surface area contributed by atoms with Crippen LogP contribution in [0.1, 0.15) is 24.0 Å². The zero-order chi connectivity index (χ0) is 20.6. The molecule has 0 saturated heterocycles. The van der Waals surface area contributed by atoms with Crippen molar-refractivity contribution in [2.75, 3.05) is 6.54 Å². The van der Waals surface area contributed by atoms with E-state index in [9.17, 15) is 13.2 Å². The van der Waals surface area contributed by atoms with Crippen LogP contribution in [-0.2, 0) is 12.6 Å². The van der Waals surface area contributed by atoms with Crippen molar-refractivity contribution in [3.8, 4) is 11.3 Å². The fourth-order valence-corrected chi connectivity index (χ4v) is 4.03. The molecule has 0 bridgehead atoms. The van der Waals surface area contributed by atoms with Gasteiger partial charge in [0, 0.05) is 21.4 Å². The first-order valence-corrected chi connectivity index (χ1v) is 9.87. The average molecular weight is 417 g/mol. The van der Waals surface area contributed by atoms with Crippen LogP contribution in [0.4, 0.5) is 13.2 Å². The van der Waals surface area contributed by atoms with Crippen LogP contribution in [0, 0.1) is 0 Å². The van der Waals surface area contributed by atoms with E-state index in [0.29, 0.717) is 24.2 Å². The number of nitrogens with two attached hydrogens (primary N) is 1. The maximum absolute atomic E-state index is 13.3. The van der Waals surface area contributed by atoms with Crippen molar-refractivity contribution in [3.05, 3.63) is 70.7 Å². The molecule has 0 amide bonds. The summed E-state index contributed by atoms with van der Waals surface area (Å²) in [5, 5.41) is 3.38. The standard InChI is InChI=1S/C23H20ClF3N2/c24-20-11-9-15(23(25,26)27)13-19(20)22-17(7-3-4-12-28)18-10-8-14-5-1-2-6-16(14)21(18)29-22/h1-2,5-6,8-11,13,29H,3-4,7,12,28H2. The highest BCUT2D eigenvalue weighted by molar-refractivity contribution is 6.33. The number of benzene rings is 3. The summed E-state index contributed by atoms with van der Waals surface area (Å²) in [6.07, 6.45) is -2.04.